The summed E-state index contributed by atoms with van der Waals surface area (Å²) in [6.45, 7) is 0. The number of hydrogen-bond donors (Lipinski definition) is 1. The van der Waals surface area contributed by atoms with Gasteiger partial charge in [-0.2, -0.15) is 4.98 Å². The summed E-state index contributed by atoms with van der Waals surface area (Å²) in [7, 11) is 0. The first-order chi connectivity index (χ1) is 8.78. The topological polar surface area (TPSA) is 77.8 Å². The van der Waals surface area contributed by atoms with Crippen LogP contribution in [0.3, 0.4) is 0 Å². The fraction of sp³-hybridized carbons (Fsp3) is 0.462. The van der Waals surface area contributed by atoms with Crippen molar-refractivity contribution in [2.45, 2.75) is 37.6 Å². The van der Waals surface area contributed by atoms with Gasteiger partial charge in [-0.1, -0.05) is 24.4 Å². The van der Waals surface area contributed by atoms with Crippen molar-refractivity contribution in [2.75, 3.05) is 0 Å². The molecule has 3 rings (SSSR count). The van der Waals surface area contributed by atoms with Crippen molar-refractivity contribution in [1.29, 1.82) is 0 Å². The van der Waals surface area contributed by atoms with E-state index in [9.17, 15) is 0 Å². The van der Waals surface area contributed by atoms with E-state index in [4.69, 9.17) is 10.3 Å². The van der Waals surface area contributed by atoms with E-state index in [0.29, 0.717) is 11.7 Å². The standard InChI is InChI=1S/C13H16N4O/c14-13(6-2-1-3-7-13)12-16-11(17-18-12)10-5-4-8-15-9-10/h4-5,8-9H,1-3,6-7,14H2. The molecule has 5 heteroatoms. The van der Waals surface area contributed by atoms with E-state index in [1.54, 1.807) is 12.4 Å². The molecule has 0 aliphatic heterocycles. The Bertz CT molecular complexity index is 517. The average Bonchev–Trinajstić information content (AvgIpc) is 2.91. The van der Waals surface area contributed by atoms with Crippen LogP contribution in [-0.2, 0) is 5.54 Å². The Labute approximate surface area is 105 Å². The molecule has 2 aromatic rings. The maximum Gasteiger partial charge on any atom is 0.247 e. The van der Waals surface area contributed by atoms with Gasteiger partial charge < -0.3 is 10.3 Å². The third-order valence-corrected chi connectivity index (χ3v) is 3.52. The lowest BCUT2D eigenvalue weighted by Gasteiger charge is -2.29. The van der Waals surface area contributed by atoms with Crippen LogP contribution in [0.15, 0.2) is 29.0 Å². The van der Waals surface area contributed by atoms with Crippen LogP contribution >= 0.6 is 0 Å². The third kappa shape index (κ3) is 2.01. The van der Waals surface area contributed by atoms with Crippen LogP contribution in [-0.4, -0.2) is 15.1 Å². The van der Waals surface area contributed by atoms with Gasteiger partial charge >= 0.3 is 0 Å². The maximum absolute atomic E-state index is 6.36. The zero-order valence-electron chi connectivity index (χ0n) is 10.2. The molecule has 1 aliphatic rings. The molecular weight excluding hydrogens is 228 g/mol. The Morgan fingerprint density at radius 3 is 2.78 bits per heavy atom. The van der Waals surface area contributed by atoms with Gasteiger partial charge in [0.1, 0.15) is 0 Å². The zero-order valence-corrected chi connectivity index (χ0v) is 10.2. The second kappa shape index (κ2) is 4.49. The molecule has 1 fully saturated rings. The van der Waals surface area contributed by atoms with Crippen LogP contribution in [0.1, 0.15) is 38.0 Å². The van der Waals surface area contributed by atoms with Crippen LogP contribution in [0, 0.1) is 0 Å². The van der Waals surface area contributed by atoms with E-state index in [0.717, 1.165) is 31.2 Å². The molecule has 18 heavy (non-hydrogen) atoms. The third-order valence-electron chi connectivity index (χ3n) is 3.52. The normalized spacial score (nSPS) is 18.7. The van der Waals surface area contributed by atoms with Gasteiger partial charge in [0, 0.05) is 18.0 Å². The Hall–Kier alpha value is -1.75. The summed E-state index contributed by atoms with van der Waals surface area (Å²) in [5.41, 5.74) is 6.77. The van der Waals surface area contributed by atoms with E-state index in [1.807, 2.05) is 12.1 Å². The van der Waals surface area contributed by atoms with Crippen molar-refractivity contribution >= 4 is 0 Å². The highest BCUT2D eigenvalue weighted by Gasteiger charge is 2.35. The van der Waals surface area contributed by atoms with E-state index >= 15 is 0 Å². The van der Waals surface area contributed by atoms with E-state index in [2.05, 4.69) is 15.1 Å². The molecule has 0 aromatic carbocycles. The number of pyridine rings is 1. The summed E-state index contributed by atoms with van der Waals surface area (Å²) < 4.78 is 5.35. The van der Waals surface area contributed by atoms with E-state index in [1.165, 1.54) is 6.42 Å². The fourth-order valence-electron chi connectivity index (χ4n) is 2.43. The van der Waals surface area contributed by atoms with Crippen molar-refractivity contribution in [3.05, 3.63) is 30.4 Å². The smallest absolute Gasteiger partial charge is 0.247 e. The molecule has 5 nitrogen and oxygen atoms in total. The lowest BCUT2D eigenvalue weighted by Crippen LogP contribution is -2.38. The van der Waals surface area contributed by atoms with Crippen molar-refractivity contribution in [3.63, 3.8) is 0 Å². The molecule has 0 radical (unpaired) electrons. The minimum Gasteiger partial charge on any atom is -0.337 e. The number of hydrogen-bond acceptors (Lipinski definition) is 5. The molecule has 0 amide bonds. The van der Waals surface area contributed by atoms with Gasteiger partial charge in [0.15, 0.2) is 0 Å². The molecule has 2 N–H and O–H groups in total. The van der Waals surface area contributed by atoms with Crippen LogP contribution in [0.2, 0.25) is 0 Å². The quantitative estimate of drug-likeness (QED) is 0.876. The van der Waals surface area contributed by atoms with Crippen molar-refractivity contribution < 1.29 is 4.52 Å². The second-order valence-electron chi connectivity index (χ2n) is 4.88. The van der Waals surface area contributed by atoms with Crippen molar-refractivity contribution in [3.8, 4) is 11.4 Å². The predicted octanol–water partition coefficient (Wildman–Crippen LogP) is 2.25. The number of aromatic nitrogens is 3. The summed E-state index contributed by atoms with van der Waals surface area (Å²) in [5.74, 6) is 1.12. The first-order valence-electron chi connectivity index (χ1n) is 6.31. The maximum atomic E-state index is 6.36. The van der Waals surface area contributed by atoms with Crippen LogP contribution in [0.4, 0.5) is 0 Å². The SMILES string of the molecule is NC1(c2nc(-c3cccnc3)no2)CCCCC1. The lowest BCUT2D eigenvalue weighted by atomic mass is 9.82. The van der Waals surface area contributed by atoms with Crippen LogP contribution < -0.4 is 5.73 Å². The molecule has 1 saturated carbocycles. The number of nitrogens with zero attached hydrogens (tertiary/aromatic N) is 3. The summed E-state index contributed by atoms with van der Waals surface area (Å²) in [6, 6.07) is 3.76. The molecule has 94 valence electrons. The first kappa shape index (κ1) is 11.3. The van der Waals surface area contributed by atoms with Crippen molar-refractivity contribution in [1.82, 2.24) is 15.1 Å². The van der Waals surface area contributed by atoms with E-state index in [-0.39, 0.29) is 0 Å². The summed E-state index contributed by atoms with van der Waals surface area (Å²) >= 11 is 0. The van der Waals surface area contributed by atoms with Crippen molar-refractivity contribution in [2.24, 2.45) is 5.73 Å². The Morgan fingerprint density at radius 1 is 1.22 bits per heavy atom. The van der Waals surface area contributed by atoms with Crippen LogP contribution in [0.25, 0.3) is 11.4 Å². The largest absolute Gasteiger partial charge is 0.337 e. The highest BCUT2D eigenvalue weighted by atomic mass is 16.5. The lowest BCUT2D eigenvalue weighted by molar-refractivity contribution is 0.220. The molecule has 0 saturated heterocycles. The second-order valence-corrected chi connectivity index (χ2v) is 4.88. The van der Waals surface area contributed by atoms with Crippen LogP contribution in [0.5, 0.6) is 0 Å². The highest BCUT2D eigenvalue weighted by molar-refractivity contribution is 5.52. The highest BCUT2D eigenvalue weighted by Crippen LogP contribution is 2.34. The predicted molar refractivity (Wildman–Crippen MR) is 66.5 cm³/mol. The average molecular weight is 244 g/mol. The molecule has 0 spiro atoms. The molecule has 2 heterocycles. The molecule has 0 atom stereocenters. The molecular formula is C13H16N4O. The molecule has 2 aromatic heterocycles. The minimum absolute atomic E-state index is 0.439. The fourth-order valence-corrected chi connectivity index (χ4v) is 2.43. The van der Waals surface area contributed by atoms with Gasteiger partial charge in [-0.3, -0.25) is 4.98 Å². The Kier molecular flexibility index (Phi) is 2.83. The Morgan fingerprint density at radius 2 is 2.06 bits per heavy atom. The van der Waals surface area contributed by atoms with Gasteiger partial charge in [-0.15, -0.1) is 0 Å². The summed E-state index contributed by atoms with van der Waals surface area (Å²) in [5, 5.41) is 4.00. The Balaban J connectivity index is 1.89. The molecule has 0 unspecified atom stereocenters. The summed E-state index contributed by atoms with van der Waals surface area (Å²) in [6.07, 6.45) is 8.77. The van der Waals surface area contributed by atoms with Gasteiger partial charge in [-0.05, 0) is 25.0 Å². The van der Waals surface area contributed by atoms with E-state index < -0.39 is 5.54 Å². The summed E-state index contributed by atoms with van der Waals surface area (Å²) in [4.78, 5) is 8.48. The number of nitrogens with two attached hydrogens (primary N) is 1. The molecule has 0 bridgehead atoms. The van der Waals surface area contributed by atoms with Gasteiger partial charge in [0.25, 0.3) is 0 Å². The van der Waals surface area contributed by atoms with Gasteiger partial charge in [0.2, 0.25) is 11.7 Å². The minimum atomic E-state index is -0.439. The van der Waals surface area contributed by atoms with Gasteiger partial charge in [0.05, 0.1) is 5.54 Å². The monoisotopic (exact) mass is 244 g/mol. The molecule has 1 aliphatic carbocycles. The number of rotatable bonds is 2. The van der Waals surface area contributed by atoms with Gasteiger partial charge in [-0.25, -0.2) is 0 Å². The zero-order chi connectivity index (χ0) is 12.4. The first-order valence-corrected chi connectivity index (χ1v) is 6.31.